The van der Waals surface area contributed by atoms with Crippen LogP contribution in [0, 0.1) is 0 Å². The Morgan fingerprint density at radius 1 is 0.562 bits per heavy atom. The minimum atomic E-state index is 0.435. The van der Waals surface area contributed by atoms with Crippen molar-refractivity contribution in [3.8, 4) is 0 Å². The topological polar surface area (TPSA) is 61.0 Å². The number of fused-ring (bicyclic) bond motifs is 2. The van der Waals surface area contributed by atoms with Gasteiger partial charge in [-0.05, 0) is 75.3 Å². The molecule has 32 heavy (non-hydrogen) atoms. The second-order valence-electron chi connectivity index (χ2n) is 11.2. The van der Waals surface area contributed by atoms with Gasteiger partial charge < -0.3 is 21.3 Å². The smallest absolute Gasteiger partial charge is 0.0609 e. The van der Waals surface area contributed by atoms with Gasteiger partial charge >= 0.3 is 0 Å². The molecule has 4 N–H and O–H groups in total. The number of nitrogens with one attached hydrogen (secondary N) is 4. The highest BCUT2D eigenvalue weighted by molar-refractivity contribution is 5.37. The van der Waals surface area contributed by atoms with E-state index in [0.29, 0.717) is 36.3 Å². The molecule has 5 aliphatic rings. The maximum atomic E-state index is 5.50. The summed E-state index contributed by atoms with van der Waals surface area (Å²) in [5, 5.41) is 16.1. The van der Waals surface area contributed by atoms with Crippen LogP contribution in [0.4, 0.5) is 0 Å². The number of hydrogen-bond acceptors (Lipinski definition) is 5. The van der Waals surface area contributed by atoms with Crippen molar-refractivity contribution in [1.29, 1.82) is 0 Å². The van der Waals surface area contributed by atoms with Gasteiger partial charge in [0.1, 0.15) is 0 Å². The van der Waals surface area contributed by atoms with Crippen molar-refractivity contribution < 1.29 is 0 Å². The van der Waals surface area contributed by atoms with Crippen LogP contribution in [0.25, 0.3) is 0 Å². The third-order valence-electron chi connectivity index (χ3n) is 9.09. The summed E-state index contributed by atoms with van der Waals surface area (Å²) < 4.78 is 0. The molecule has 5 heteroatoms. The molecule has 4 unspecified atom stereocenters. The molecule has 176 valence electrons. The third-order valence-corrected chi connectivity index (χ3v) is 9.09. The van der Waals surface area contributed by atoms with Crippen LogP contribution in [0.15, 0.2) is 6.07 Å². The van der Waals surface area contributed by atoms with Gasteiger partial charge in [0.05, 0.1) is 23.5 Å². The van der Waals surface area contributed by atoms with Gasteiger partial charge in [-0.1, -0.05) is 31.7 Å². The molecule has 0 saturated heterocycles. The zero-order valence-corrected chi connectivity index (χ0v) is 19.8. The average Bonchev–Trinajstić information content (AvgIpc) is 2.83. The Morgan fingerprint density at radius 3 is 1.53 bits per heavy atom. The summed E-state index contributed by atoms with van der Waals surface area (Å²) in [7, 11) is 0. The molecule has 1 aliphatic heterocycles. The molecule has 2 saturated carbocycles. The number of rotatable bonds is 0. The highest BCUT2D eigenvalue weighted by Gasteiger charge is 2.34. The molecule has 0 radical (unpaired) electrons. The number of aromatic nitrogens is 1. The molecule has 2 fully saturated rings. The van der Waals surface area contributed by atoms with E-state index in [1.165, 1.54) is 112 Å². The molecule has 2 bridgehead atoms. The van der Waals surface area contributed by atoms with Crippen molar-refractivity contribution in [2.75, 3.05) is 13.1 Å². The minimum Gasteiger partial charge on any atom is -0.311 e. The normalized spacial score (nSPS) is 38.0. The SMILES string of the molecule is c1c2c3nc4c1CCCC4N[C@@H]1CCCCC1NCCNC1CCCC[C@H]1NC3CCC2. The summed E-state index contributed by atoms with van der Waals surface area (Å²) in [6.07, 6.45) is 18.2. The quantitative estimate of drug-likeness (QED) is 0.497. The lowest BCUT2D eigenvalue weighted by atomic mass is 9.83. The second-order valence-corrected chi connectivity index (χ2v) is 11.2. The molecule has 0 spiro atoms. The van der Waals surface area contributed by atoms with Crippen LogP contribution in [0.5, 0.6) is 0 Å². The van der Waals surface area contributed by atoms with Gasteiger partial charge in [0.25, 0.3) is 0 Å². The largest absolute Gasteiger partial charge is 0.311 e. The Bertz CT molecular complexity index is 733. The minimum absolute atomic E-state index is 0.435. The predicted molar refractivity (Wildman–Crippen MR) is 130 cm³/mol. The van der Waals surface area contributed by atoms with Gasteiger partial charge in [0, 0.05) is 37.3 Å². The van der Waals surface area contributed by atoms with Crippen molar-refractivity contribution in [3.63, 3.8) is 0 Å². The van der Waals surface area contributed by atoms with Crippen LogP contribution in [0.1, 0.15) is 112 Å². The summed E-state index contributed by atoms with van der Waals surface area (Å²) in [5.41, 5.74) is 5.85. The fraction of sp³-hybridized carbons (Fsp3) is 0.815. The molecule has 1 aromatic rings. The standard InChI is InChI=1S/C27H43N5/c1-3-11-22-20(9-1)28-15-16-29-21-10-2-4-12-23(21)31-25-14-6-8-19-17-18-7-5-13-24(30-22)26(18)32-27(19)25/h17,20-25,28-31H,1-16H2/t20?,21?,22-,23-,24?,25?/m1/s1. The van der Waals surface area contributed by atoms with Gasteiger partial charge in [-0.25, -0.2) is 0 Å². The van der Waals surface area contributed by atoms with Crippen LogP contribution in [0.2, 0.25) is 0 Å². The number of hydrogen-bond donors (Lipinski definition) is 4. The summed E-state index contributed by atoms with van der Waals surface area (Å²) >= 11 is 0. The molecule has 0 amide bonds. The summed E-state index contributed by atoms with van der Waals surface area (Å²) in [4.78, 5) is 5.50. The fourth-order valence-corrected chi connectivity index (χ4v) is 7.41. The zero-order valence-electron chi connectivity index (χ0n) is 19.8. The Kier molecular flexibility index (Phi) is 6.52. The first kappa shape index (κ1) is 21.5. The van der Waals surface area contributed by atoms with Crippen LogP contribution in [-0.2, 0) is 12.8 Å². The molecule has 0 aromatic carbocycles. The summed E-state index contributed by atoms with van der Waals surface area (Å²) in [6, 6.07) is 5.80. The first-order valence-corrected chi connectivity index (χ1v) is 13.9. The fourth-order valence-electron chi connectivity index (χ4n) is 7.41. The van der Waals surface area contributed by atoms with Gasteiger partial charge in [-0.15, -0.1) is 0 Å². The predicted octanol–water partition coefficient (Wildman–Crippen LogP) is 3.83. The van der Waals surface area contributed by atoms with E-state index in [-0.39, 0.29) is 0 Å². The van der Waals surface area contributed by atoms with Gasteiger partial charge in [0.2, 0.25) is 0 Å². The maximum absolute atomic E-state index is 5.50. The Hall–Kier alpha value is -1.01. The molecular formula is C27H43N5. The number of aryl methyl sites for hydroxylation is 2. The number of nitrogens with zero attached hydrogens (tertiary/aromatic N) is 1. The van der Waals surface area contributed by atoms with Gasteiger partial charge in [0.15, 0.2) is 0 Å². The lowest BCUT2D eigenvalue weighted by Crippen LogP contribution is -2.54. The van der Waals surface area contributed by atoms with Gasteiger partial charge in [-0.2, -0.15) is 0 Å². The van der Waals surface area contributed by atoms with E-state index in [1.807, 2.05) is 0 Å². The van der Waals surface area contributed by atoms with E-state index in [1.54, 1.807) is 0 Å². The van der Waals surface area contributed by atoms with Crippen LogP contribution in [-0.4, -0.2) is 42.2 Å². The van der Waals surface area contributed by atoms with E-state index in [0.717, 1.165) is 13.1 Å². The zero-order chi connectivity index (χ0) is 21.3. The average molecular weight is 438 g/mol. The second kappa shape index (κ2) is 9.69. The summed E-state index contributed by atoms with van der Waals surface area (Å²) in [6.45, 7) is 2.17. The Labute approximate surface area is 194 Å². The first-order valence-electron chi connectivity index (χ1n) is 13.9. The molecule has 2 heterocycles. The molecule has 5 nitrogen and oxygen atoms in total. The monoisotopic (exact) mass is 437 g/mol. The lowest BCUT2D eigenvalue weighted by Gasteiger charge is -2.38. The third kappa shape index (κ3) is 4.38. The van der Waals surface area contributed by atoms with E-state index in [2.05, 4.69) is 27.3 Å². The van der Waals surface area contributed by atoms with Crippen molar-refractivity contribution in [1.82, 2.24) is 26.3 Å². The Balaban J connectivity index is 1.35. The van der Waals surface area contributed by atoms with Crippen molar-refractivity contribution in [2.24, 2.45) is 0 Å². The van der Waals surface area contributed by atoms with E-state index in [4.69, 9.17) is 4.98 Å². The van der Waals surface area contributed by atoms with E-state index >= 15 is 0 Å². The van der Waals surface area contributed by atoms with Crippen LogP contribution in [0.3, 0.4) is 0 Å². The lowest BCUT2D eigenvalue weighted by molar-refractivity contribution is 0.243. The van der Waals surface area contributed by atoms with Crippen LogP contribution < -0.4 is 21.3 Å². The molecule has 4 aliphatic carbocycles. The van der Waals surface area contributed by atoms with Crippen molar-refractivity contribution in [2.45, 2.75) is 126 Å². The molecule has 6 atom stereocenters. The number of pyridine rings is 1. The maximum Gasteiger partial charge on any atom is 0.0609 e. The molecule has 1 aromatic heterocycles. The van der Waals surface area contributed by atoms with E-state index < -0.39 is 0 Å². The van der Waals surface area contributed by atoms with E-state index in [9.17, 15) is 0 Å². The highest BCUT2D eigenvalue weighted by atomic mass is 15.1. The van der Waals surface area contributed by atoms with Crippen molar-refractivity contribution >= 4 is 0 Å². The van der Waals surface area contributed by atoms with Crippen LogP contribution >= 0.6 is 0 Å². The van der Waals surface area contributed by atoms with Crippen molar-refractivity contribution in [3.05, 3.63) is 28.6 Å². The Morgan fingerprint density at radius 2 is 1.03 bits per heavy atom. The first-order chi connectivity index (χ1) is 15.8. The highest BCUT2D eigenvalue weighted by Crippen LogP contribution is 2.37. The molecule has 6 rings (SSSR count). The van der Waals surface area contributed by atoms with Gasteiger partial charge in [-0.3, -0.25) is 4.98 Å². The summed E-state index contributed by atoms with van der Waals surface area (Å²) in [5.74, 6) is 0. The molecular weight excluding hydrogens is 394 g/mol.